The molecule has 4 nitrogen and oxygen atoms in total. The molecule has 0 radical (unpaired) electrons. The molecule has 32 heavy (non-hydrogen) atoms. The van der Waals surface area contributed by atoms with Crippen LogP contribution in [-0.2, 0) is 6.61 Å². The van der Waals surface area contributed by atoms with Crippen molar-refractivity contribution in [3.63, 3.8) is 0 Å². The van der Waals surface area contributed by atoms with Crippen LogP contribution in [0.5, 0.6) is 5.75 Å². The van der Waals surface area contributed by atoms with Crippen LogP contribution in [0.3, 0.4) is 0 Å². The lowest BCUT2D eigenvalue weighted by molar-refractivity contribution is 0.0955. The third-order valence-electron chi connectivity index (χ3n) is 5.07. The van der Waals surface area contributed by atoms with Crippen LogP contribution < -0.4 is 10.2 Å². The molecular weight excluding hydrogens is 396 g/mol. The first-order valence-electron chi connectivity index (χ1n) is 10.5. The molecule has 4 rings (SSSR count). The van der Waals surface area contributed by atoms with Crippen LogP contribution in [-0.4, -0.2) is 12.1 Å². The van der Waals surface area contributed by atoms with Crippen molar-refractivity contribution in [2.45, 2.75) is 12.5 Å². The quantitative estimate of drug-likeness (QED) is 0.289. The molecule has 0 aliphatic heterocycles. The van der Waals surface area contributed by atoms with Crippen LogP contribution in [0.4, 0.5) is 0 Å². The Morgan fingerprint density at radius 1 is 0.750 bits per heavy atom. The minimum absolute atomic E-state index is 0.0461. The summed E-state index contributed by atoms with van der Waals surface area (Å²) in [7, 11) is 0. The van der Waals surface area contributed by atoms with Gasteiger partial charge in [-0.1, -0.05) is 91.0 Å². The van der Waals surface area contributed by atoms with E-state index in [1.54, 1.807) is 18.3 Å². The van der Waals surface area contributed by atoms with Crippen LogP contribution in [0, 0.1) is 0 Å². The van der Waals surface area contributed by atoms with Crippen molar-refractivity contribution in [2.24, 2.45) is 5.10 Å². The van der Waals surface area contributed by atoms with Gasteiger partial charge in [0.15, 0.2) is 0 Å². The number of amides is 1. The highest BCUT2D eigenvalue weighted by atomic mass is 16.5. The monoisotopic (exact) mass is 420 g/mol. The molecule has 1 amide bonds. The van der Waals surface area contributed by atoms with Crippen LogP contribution in [0.2, 0.25) is 0 Å². The second-order valence-corrected chi connectivity index (χ2v) is 7.32. The third-order valence-corrected chi connectivity index (χ3v) is 5.07. The summed E-state index contributed by atoms with van der Waals surface area (Å²) in [6.45, 7) is 0.444. The van der Waals surface area contributed by atoms with Gasteiger partial charge >= 0.3 is 0 Å². The number of rotatable bonds is 8. The average molecular weight is 421 g/mol. The average Bonchev–Trinajstić information content (AvgIpc) is 2.87. The molecule has 0 aliphatic carbocycles. The fourth-order valence-corrected chi connectivity index (χ4v) is 3.36. The maximum Gasteiger partial charge on any atom is 0.271 e. The summed E-state index contributed by atoms with van der Waals surface area (Å²) in [5.41, 5.74) is 6.40. The first kappa shape index (κ1) is 21.1. The van der Waals surface area contributed by atoms with Crippen LogP contribution in [0.15, 0.2) is 120 Å². The van der Waals surface area contributed by atoms with Crippen LogP contribution in [0.1, 0.15) is 33.0 Å². The van der Waals surface area contributed by atoms with Gasteiger partial charge in [-0.05, 0) is 41.0 Å². The maximum atomic E-state index is 12.5. The first-order chi connectivity index (χ1) is 15.8. The van der Waals surface area contributed by atoms with Crippen LogP contribution in [0.25, 0.3) is 0 Å². The highest BCUT2D eigenvalue weighted by molar-refractivity contribution is 5.94. The molecule has 0 bridgehead atoms. The van der Waals surface area contributed by atoms with E-state index in [2.05, 4.69) is 34.8 Å². The zero-order chi connectivity index (χ0) is 22.0. The number of carbonyl (C=O) groups is 1. The van der Waals surface area contributed by atoms with Crippen molar-refractivity contribution in [3.8, 4) is 5.75 Å². The topological polar surface area (TPSA) is 50.7 Å². The molecule has 0 aliphatic rings. The van der Waals surface area contributed by atoms with Gasteiger partial charge in [-0.2, -0.15) is 5.10 Å². The van der Waals surface area contributed by atoms with E-state index in [-0.39, 0.29) is 11.8 Å². The van der Waals surface area contributed by atoms with Gasteiger partial charge in [-0.15, -0.1) is 0 Å². The number of carbonyl (C=O) groups excluding carboxylic acids is 1. The van der Waals surface area contributed by atoms with E-state index in [0.717, 1.165) is 22.4 Å². The highest BCUT2D eigenvalue weighted by Crippen LogP contribution is 2.22. The van der Waals surface area contributed by atoms with Crippen molar-refractivity contribution in [1.29, 1.82) is 0 Å². The summed E-state index contributed by atoms with van der Waals surface area (Å²) >= 11 is 0. The molecule has 0 atom stereocenters. The van der Waals surface area contributed by atoms with Crippen molar-refractivity contribution in [3.05, 3.63) is 138 Å². The molecule has 0 fully saturated rings. The fourth-order valence-electron chi connectivity index (χ4n) is 3.36. The van der Waals surface area contributed by atoms with E-state index in [9.17, 15) is 4.79 Å². The molecule has 4 aromatic rings. The van der Waals surface area contributed by atoms with E-state index in [0.29, 0.717) is 12.2 Å². The second kappa shape index (κ2) is 10.7. The molecule has 1 N–H and O–H groups in total. The molecule has 0 saturated carbocycles. The van der Waals surface area contributed by atoms with Crippen molar-refractivity contribution in [1.82, 2.24) is 5.43 Å². The summed E-state index contributed by atoms with van der Waals surface area (Å²) in [6, 6.07) is 37.2. The number of hydrogen-bond donors (Lipinski definition) is 1. The van der Waals surface area contributed by atoms with E-state index >= 15 is 0 Å². The largest absolute Gasteiger partial charge is 0.489 e. The van der Waals surface area contributed by atoms with Gasteiger partial charge < -0.3 is 4.74 Å². The summed E-state index contributed by atoms with van der Waals surface area (Å²) in [5, 5.41) is 4.25. The van der Waals surface area contributed by atoms with Gasteiger partial charge in [0.1, 0.15) is 12.4 Å². The van der Waals surface area contributed by atoms with Crippen LogP contribution >= 0.6 is 0 Å². The predicted octanol–water partition coefficient (Wildman–Crippen LogP) is 5.81. The fraction of sp³-hybridized carbons (Fsp3) is 0.0714. The number of hydrazone groups is 1. The Labute approximate surface area is 188 Å². The molecule has 158 valence electrons. The van der Waals surface area contributed by atoms with Gasteiger partial charge in [0.05, 0.1) is 0 Å². The maximum absolute atomic E-state index is 12.5. The van der Waals surface area contributed by atoms with E-state index in [1.165, 1.54) is 0 Å². The van der Waals surface area contributed by atoms with Crippen molar-refractivity contribution >= 4 is 12.1 Å². The van der Waals surface area contributed by atoms with Gasteiger partial charge in [0.25, 0.3) is 5.91 Å². The molecule has 4 heteroatoms. The molecule has 0 aromatic heterocycles. The Balaban J connectivity index is 1.38. The second-order valence-electron chi connectivity index (χ2n) is 7.32. The lowest BCUT2D eigenvalue weighted by Gasteiger charge is -2.13. The van der Waals surface area contributed by atoms with E-state index < -0.39 is 0 Å². The lowest BCUT2D eigenvalue weighted by Crippen LogP contribution is -2.18. The Kier molecular flexibility index (Phi) is 7.06. The Bertz CT molecular complexity index is 1100. The molecule has 0 spiro atoms. The van der Waals surface area contributed by atoms with Crippen molar-refractivity contribution < 1.29 is 9.53 Å². The molecule has 0 saturated heterocycles. The summed E-state index contributed by atoms with van der Waals surface area (Å²) in [5.74, 6) is 0.516. The normalized spacial score (nSPS) is 10.9. The summed E-state index contributed by atoms with van der Waals surface area (Å²) in [6.07, 6.45) is 1.77. The molecule has 0 heterocycles. The van der Waals surface area contributed by atoms with Crippen molar-refractivity contribution in [2.75, 3.05) is 0 Å². The molecule has 4 aromatic carbocycles. The number of benzene rings is 4. The first-order valence-corrected chi connectivity index (χ1v) is 10.5. The minimum atomic E-state index is -0.253. The number of para-hydroxylation sites is 1. The number of nitrogens with zero attached hydrogens (tertiary/aromatic N) is 1. The van der Waals surface area contributed by atoms with Gasteiger partial charge in [0.2, 0.25) is 0 Å². The van der Waals surface area contributed by atoms with Gasteiger partial charge in [-0.3, -0.25) is 4.79 Å². The summed E-state index contributed by atoms with van der Waals surface area (Å²) < 4.78 is 5.74. The minimum Gasteiger partial charge on any atom is -0.489 e. The highest BCUT2D eigenvalue weighted by Gasteiger charge is 2.11. The predicted molar refractivity (Wildman–Crippen MR) is 128 cm³/mol. The Morgan fingerprint density at radius 2 is 1.28 bits per heavy atom. The lowest BCUT2D eigenvalue weighted by atomic mass is 9.92. The zero-order valence-electron chi connectivity index (χ0n) is 17.6. The Hall–Kier alpha value is -4.18. The van der Waals surface area contributed by atoms with E-state index in [4.69, 9.17) is 4.74 Å². The number of ether oxygens (including phenoxy) is 1. The van der Waals surface area contributed by atoms with Gasteiger partial charge in [-0.25, -0.2) is 5.43 Å². The Morgan fingerprint density at radius 3 is 1.84 bits per heavy atom. The molecule has 0 unspecified atom stereocenters. The van der Waals surface area contributed by atoms with Gasteiger partial charge in [0, 0.05) is 17.7 Å². The zero-order valence-corrected chi connectivity index (χ0v) is 17.6. The standard InChI is InChI=1S/C28H24N2O2/c31-28(25-18-16-22(17-19-25)21-32-26-14-8-3-9-15-26)30-29-20-27(23-10-4-1-5-11-23)24-12-6-2-7-13-24/h1-20,27H,21H2,(H,30,31)/b29-20+. The van der Waals surface area contributed by atoms with E-state index in [1.807, 2.05) is 78.9 Å². The third kappa shape index (κ3) is 5.70. The number of nitrogens with one attached hydrogen (secondary N) is 1. The smallest absolute Gasteiger partial charge is 0.271 e. The summed E-state index contributed by atoms with van der Waals surface area (Å²) in [4.78, 5) is 12.5. The number of hydrogen-bond acceptors (Lipinski definition) is 3. The SMILES string of the molecule is O=C(N/N=C/C(c1ccccc1)c1ccccc1)c1ccc(COc2ccccc2)cc1. The molecular formula is C28H24N2O2.